The van der Waals surface area contributed by atoms with Crippen molar-refractivity contribution in [2.24, 2.45) is 0 Å². The Kier molecular flexibility index (Phi) is 10.3. The number of halogens is 2. The van der Waals surface area contributed by atoms with Gasteiger partial charge in [-0.2, -0.15) is 0 Å². The fraction of sp³-hybridized carbons (Fsp3) is 0.308. The number of sulfonamides is 2. The van der Waals surface area contributed by atoms with Gasteiger partial charge >= 0.3 is 0 Å². The summed E-state index contributed by atoms with van der Waals surface area (Å²) in [5.41, 5.74) is 3.33. The minimum absolute atomic E-state index is 0.0791. The molecular weight excluding hydrogens is 688 g/mol. The number of hydrogen-bond donors (Lipinski definition) is 2. The minimum atomic E-state index is -3.68. The molecule has 0 saturated carbocycles. The van der Waals surface area contributed by atoms with Crippen molar-refractivity contribution in [1.82, 2.24) is 10.3 Å². The van der Waals surface area contributed by atoms with Gasteiger partial charge in [0.05, 0.1) is 21.2 Å². The molecular formula is C26H30Br2N4O6S2. The third-order valence-corrected chi connectivity index (χ3v) is 10.3. The number of hydrogen-bond acceptors (Lipinski definition) is 8. The van der Waals surface area contributed by atoms with Crippen molar-refractivity contribution in [2.75, 3.05) is 9.44 Å². The predicted octanol–water partition coefficient (Wildman–Crippen LogP) is 7.34. The second-order valence-electron chi connectivity index (χ2n) is 9.48. The lowest BCUT2D eigenvalue weighted by Crippen LogP contribution is -2.12. The largest absolute Gasteiger partial charge is 0.336 e. The molecule has 0 atom stereocenters. The van der Waals surface area contributed by atoms with Crippen LogP contribution in [0.15, 0.2) is 76.3 Å². The predicted molar refractivity (Wildman–Crippen MR) is 161 cm³/mol. The molecule has 0 aliphatic carbocycles. The second-order valence-corrected chi connectivity index (χ2v) is 14.4. The van der Waals surface area contributed by atoms with Gasteiger partial charge in [0.25, 0.3) is 31.8 Å². The van der Waals surface area contributed by atoms with E-state index in [1.165, 1.54) is 0 Å². The Morgan fingerprint density at radius 2 is 0.925 bits per heavy atom. The van der Waals surface area contributed by atoms with E-state index in [2.05, 4.69) is 79.3 Å². The SMILES string of the molecule is Cc1noc(NS(=O)(=O)c2ccc(C(C)C)cc2)c1Br.Cc1noc(NS(=O)(=O)c2ccc(C(C)C)cc2)c1Br. The average molecular weight is 718 g/mol. The van der Waals surface area contributed by atoms with Gasteiger partial charge in [-0.25, -0.2) is 26.3 Å². The lowest BCUT2D eigenvalue weighted by atomic mass is 10.0. The molecule has 2 heterocycles. The topological polar surface area (TPSA) is 144 Å². The summed E-state index contributed by atoms with van der Waals surface area (Å²) in [5, 5.41) is 7.36. The average Bonchev–Trinajstić information content (AvgIpc) is 3.39. The summed E-state index contributed by atoms with van der Waals surface area (Å²) in [6.45, 7) is 11.6. The van der Waals surface area contributed by atoms with Gasteiger partial charge < -0.3 is 9.05 Å². The fourth-order valence-electron chi connectivity index (χ4n) is 3.27. The van der Waals surface area contributed by atoms with Crippen molar-refractivity contribution >= 4 is 63.7 Å². The highest BCUT2D eigenvalue weighted by Gasteiger charge is 2.21. The molecule has 4 rings (SSSR count). The fourth-order valence-corrected chi connectivity index (χ4v) is 6.01. The molecule has 2 N–H and O–H groups in total. The van der Waals surface area contributed by atoms with Crippen LogP contribution < -0.4 is 9.44 Å². The third kappa shape index (κ3) is 7.74. The normalized spacial score (nSPS) is 11.8. The first-order valence-electron chi connectivity index (χ1n) is 12.1. The molecule has 0 unspecified atom stereocenters. The molecule has 0 radical (unpaired) electrons. The van der Waals surface area contributed by atoms with Crippen LogP contribution in [-0.2, 0) is 20.0 Å². The summed E-state index contributed by atoms with van der Waals surface area (Å²) in [6, 6.07) is 13.5. The molecule has 0 amide bonds. The number of aromatic nitrogens is 2. The molecule has 0 spiro atoms. The van der Waals surface area contributed by atoms with E-state index < -0.39 is 20.0 Å². The Labute approximate surface area is 251 Å². The number of anilines is 2. The van der Waals surface area contributed by atoms with E-state index in [1.54, 1.807) is 62.4 Å². The van der Waals surface area contributed by atoms with Crippen molar-refractivity contribution < 1.29 is 25.9 Å². The number of benzene rings is 2. The first kappa shape index (κ1) is 31.8. The molecule has 0 aliphatic heterocycles. The van der Waals surface area contributed by atoms with Crippen molar-refractivity contribution in [2.45, 2.75) is 63.2 Å². The van der Waals surface area contributed by atoms with Crippen LogP contribution in [0.5, 0.6) is 0 Å². The summed E-state index contributed by atoms with van der Waals surface area (Å²) in [7, 11) is -7.36. The van der Waals surface area contributed by atoms with Crippen molar-refractivity contribution in [3.05, 3.63) is 80.0 Å². The highest BCUT2D eigenvalue weighted by molar-refractivity contribution is 9.11. The van der Waals surface area contributed by atoms with Gasteiger partial charge in [-0.3, -0.25) is 0 Å². The zero-order chi connectivity index (χ0) is 29.8. The first-order chi connectivity index (χ1) is 18.6. The van der Waals surface area contributed by atoms with E-state index in [9.17, 15) is 16.8 Å². The van der Waals surface area contributed by atoms with Crippen molar-refractivity contribution in [1.29, 1.82) is 0 Å². The third-order valence-electron chi connectivity index (χ3n) is 5.75. The summed E-state index contributed by atoms with van der Waals surface area (Å²) in [6.07, 6.45) is 0. The Morgan fingerprint density at radius 1 is 0.625 bits per heavy atom. The van der Waals surface area contributed by atoms with Gasteiger partial charge in [-0.1, -0.05) is 62.3 Å². The molecule has 2 aromatic carbocycles. The van der Waals surface area contributed by atoms with Gasteiger partial charge in [0, 0.05) is 0 Å². The molecule has 0 bridgehead atoms. The van der Waals surface area contributed by atoms with Crippen LogP contribution in [0.2, 0.25) is 0 Å². The lowest BCUT2D eigenvalue weighted by molar-refractivity contribution is 0.430. The lowest BCUT2D eigenvalue weighted by Gasteiger charge is -2.08. The monoisotopic (exact) mass is 716 g/mol. The van der Waals surface area contributed by atoms with E-state index in [0.29, 0.717) is 32.2 Å². The summed E-state index contributed by atoms with van der Waals surface area (Å²) >= 11 is 6.45. The molecule has 4 aromatic rings. The van der Waals surface area contributed by atoms with Gasteiger partial charge in [0.1, 0.15) is 8.95 Å². The summed E-state index contributed by atoms with van der Waals surface area (Å²) < 4.78 is 64.5. The molecule has 216 valence electrons. The maximum atomic E-state index is 12.2. The van der Waals surface area contributed by atoms with E-state index in [1.807, 2.05) is 0 Å². The zero-order valence-electron chi connectivity index (χ0n) is 22.7. The molecule has 14 heteroatoms. The number of aryl methyl sites for hydroxylation is 2. The Morgan fingerprint density at radius 3 is 1.15 bits per heavy atom. The molecule has 0 fully saturated rings. The smallest absolute Gasteiger partial charge is 0.264 e. The highest BCUT2D eigenvalue weighted by atomic mass is 79.9. The Hall–Kier alpha value is -2.68. The zero-order valence-corrected chi connectivity index (χ0v) is 27.5. The Balaban J connectivity index is 0.000000220. The van der Waals surface area contributed by atoms with Crippen LogP contribution in [0.3, 0.4) is 0 Å². The second kappa shape index (κ2) is 12.9. The van der Waals surface area contributed by atoms with E-state index >= 15 is 0 Å². The van der Waals surface area contributed by atoms with Crippen LogP contribution in [-0.4, -0.2) is 27.1 Å². The maximum Gasteiger partial charge on any atom is 0.264 e. The molecule has 2 aromatic heterocycles. The molecule has 10 nitrogen and oxygen atoms in total. The number of rotatable bonds is 8. The van der Waals surface area contributed by atoms with Gasteiger partial charge in [-0.05, 0) is 92.9 Å². The summed E-state index contributed by atoms with van der Waals surface area (Å²) in [4.78, 5) is 0.366. The van der Waals surface area contributed by atoms with E-state index in [0.717, 1.165) is 11.1 Å². The number of nitrogens with one attached hydrogen (secondary N) is 2. The standard InChI is InChI=1S/2C13H15BrN2O3S/c2*1-8(2)10-4-6-11(7-5-10)20(17,18)16-13-12(14)9(3)15-19-13/h2*4-8,16H,1-3H3. The first-order valence-corrected chi connectivity index (χ1v) is 16.7. The van der Waals surface area contributed by atoms with E-state index in [4.69, 9.17) is 9.05 Å². The van der Waals surface area contributed by atoms with Crippen molar-refractivity contribution in [3.8, 4) is 0 Å². The van der Waals surface area contributed by atoms with Crippen LogP contribution in [0, 0.1) is 13.8 Å². The Bertz CT molecular complexity index is 1540. The van der Waals surface area contributed by atoms with Crippen LogP contribution in [0.4, 0.5) is 11.8 Å². The van der Waals surface area contributed by atoms with Gasteiger partial charge in [0.2, 0.25) is 0 Å². The number of nitrogens with zero attached hydrogens (tertiary/aromatic N) is 2. The van der Waals surface area contributed by atoms with Gasteiger partial charge in [0.15, 0.2) is 0 Å². The van der Waals surface area contributed by atoms with Crippen LogP contribution in [0.1, 0.15) is 62.0 Å². The van der Waals surface area contributed by atoms with E-state index in [-0.39, 0.29) is 21.6 Å². The summed E-state index contributed by atoms with van der Waals surface area (Å²) in [5.74, 6) is 0.863. The minimum Gasteiger partial charge on any atom is -0.336 e. The quantitative estimate of drug-likeness (QED) is 0.193. The van der Waals surface area contributed by atoms with Gasteiger partial charge in [-0.15, -0.1) is 0 Å². The molecule has 40 heavy (non-hydrogen) atoms. The highest BCUT2D eigenvalue weighted by Crippen LogP contribution is 2.29. The molecule has 0 aliphatic rings. The van der Waals surface area contributed by atoms with Crippen molar-refractivity contribution in [3.63, 3.8) is 0 Å². The van der Waals surface area contributed by atoms with Crippen LogP contribution in [0.25, 0.3) is 0 Å². The maximum absolute atomic E-state index is 12.2. The van der Waals surface area contributed by atoms with Crippen LogP contribution >= 0.6 is 31.9 Å². The molecule has 0 saturated heterocycles.